The fraction of sp³-hybridized carbons (Fsp3) is 0.357. The molecule has 0 aliphatic carbocycles. The van der Waals surface area contributed by atoms with Crippen LogP contribution in [0.2, 0.25) is 0 Å². The maximum Gasteiger partial charge on any atom is 0.411 e. The van der Waals surface area contributed by atoms with Gasteiger partial charge in [0, 0.05) is 31.4 Å². The Kier molecular flexibility index (Phi) is 7.76. The van der Waals surface area contributed by atoms with E-state index in [4.69, 9.17) is 4.74 Å². The lowest BCUT2D eigenvalue weighted by Gasteiger charge is -2.43. The molecule has 2 atom stereocenters. The minimum absolute atomic E-state index is 0.147. The van der Waals surface area contributed by atoms with Gasteiger partial charge in [-0.25, -0.2) is 17.9 Å². The molecule has 1 aliphatic rings. The predicted octanol–water partition coefficient (Wildman–Crippen LogP) is 5.19. The summed E-state index contributed by atoms with van der Waals surface area (Å²) in [5.74, 6) is 0. The summed E-state index contributed by atoms with van der Waals surface area (Å²) < 4.78 is 31.6. The summed E-state index contributed by atoms with van der Waals surface area (Å²) in [6, 6.07) is 21.9. The molecule has 2 heterocycles. The standard InChI is InChI=1S/C28H33N3O4S/c1-21-20-25(14-18-29-21)24-12-10-23(11-13-24)22(2)31-19-16-28(35-27(31)32,26-8-5-4-6-9-26)15-7-17-30-36(3,33)34/h4-6,8-14,18,20,22,30H,7,15-17,19H2,1-3H3/t22-,28?/m0/s1. The zero-order valence-corrected chi connectivity index (χ0v) is 21.8. The molecule has 1 N–H and O–H groups in total. The van der Waals surface area contributed by atoms with E-state index in [1.54, 1.807) is 11.1 Å². The average Bonchev–Trinajstić information content (AvgIpc) is 2.86. The molecule has 4 rings (SSSR count). The van der Waals surface area contributed by atoms with Gasteiger partial charge in [0.15, 0.2) is 0 Å². The lowest BCUT2D eigenvalue weighted by Crippen LogP contribution is -2.49. The molecule has 2 aromatic carbocycles. The van der Waals surface area contributed by atoms with Crippen molar-refractivity contribution >= 4 is 16.1 Å². The Balaban J connectivity index is 1.48. The van der Waals surface area contributed by atoms with E-state index < -0.39 is 15.6 Å². The first-order chi connectivity index (χ1) is 17.2. The Morgan fingerprint density at radius 3 is 2.44 bits per heavy atom. The number of carbonyl (C=O) groups is 1. The van der Waals surface area contributed by atoms with E-state index >= 15 is 0 Å². The Labute approximate surface area is 213 Å². The Morgan fingerprint density at radius 2 is 1.81 bits per heavy atom. The monoisotopic (exact) mass is 507 g/mol. The van der Waals surface area contributed by atoms with Crippen LogP contribution in [0.25, 0.3) is 11.1 Å². The van der Waals surface area contributed by atoms with Gasteiger partial charge >= 0.3 is 6.09 Å². The third kappa shape index (κ3) is 6.12. The van der Waals surface area contributed by atoms with Gasteiger partial charge in [-0.1, -0.05) is 54.6 Å². The van der Waals surface area contributed by atoms with Gasteiger partial charge in [-0.15, -0.1) is 0 Å². The van der Waals surface area contributed by atoms with Crippen LogP contribution in [0.4, 0.5) is 4.79 Å². The van der Waals surface area contributed by atoms with Gasteiger partial charge in [-0.3, -0.25) is 4.98 Å². The molecule has 1 saturated heterocycles. The zero-order chi connectivity index (χ0) is 25.8. The van der Waals surface area contributed by atoms with Crippen molar-refractivity contribution in [3.05, 3.63) is 89.7 Å². The van der Waals surface area contributed by atoms with Crippen LogP contribution in [-0.2, 0) is 20.4 Å². The third-order valence-electron chi connectivity index (χ3n) is 6.79. The molecular weight excluding hydrogens is 474 g/mol. The molecule has 1 aliphatic heterocycles. The molecule has 0 spiro atoms. The highest BCUT2D eigenvalue weighted by atomic mass is 32.2. The van der Waals surface area contributed by atoms with Gasteiger partial charge in [0.2, 0.25) is 10.0 Å². The second kappa shape index (κ2) is 10.8. The van der Waals surface area contributed by atoms with Gasteiger partial charge in [0.05, 0.1) is 12.3 Å². The number of amides is 1. The molecule has 0 radical (unpaired) electrons. The van der Waals surface area contributed by atoms with Crippen LogP contribution in [0.15, 0.2) is 72.9 Å². The zero-order valence-electron chi connectivity index (χ0n) is 21.0. The van der Waals surface area contributed by atoms with Crippen molar-refractivity contribution in [1.82, 2.24) is 14.6 Å². The summed E-state index contributed by atoms with van der Waals surface area (Å²) in [6.07, 6.45) is 4.31. The van der Waals surface area contributed by atoms with E-state index in [2.05, 4.69) is 40.0 Å². The molecule has 1 aromatic heterocycles. The SMILES string of the molecule is Cc1cc(-c2ccc([C@H](C)N3CCC(CCCNS(C)(=O)=O)(c4ccccc4)OC3=O)cc2)ccn1. The van der Waals surface area contributed by atoms with Crippen LogP contribution < -0.4 is 4.72 Å². The molecule has 0 bridgehead atoms. The van der Waals surface area contributed by atoms with Crippen molar-refractivity contribution in [3.8, 4) is 11.1 Å². The second-order valence-corrected chi connectivity index (χ2v) is 11.3. The molecule has 8 heteroatoms. The van der Waals surface area contributed by atoms with Gasteiger partial charge in [0.1, 0.15) is 5.60 Å². The Morgan fingerprint density at radius 1 is 1.08 bits per heavy atom. The summed E-state index contributed by atoms with van der Waals surface area (Å²) >= 11 is 0. The number of rotatable bonds is 9. The number of hydrogen-bond acceptors (Lipinski definition) is 5. The van der Waals surface area contributed by atoms with Crippen LogP contribution in [-0.4, -0.2) is 43.7 Å². The van der Waals surface area contributed by atoms with Crippen molar-refractivity contribution in [2.24, 2.45) is 0 Å². The summed E-state index contributed by atoms with van der Waals surface area (Å²) in [5.41, 5.74) is 4.36. The third-order valence-corrected chi connectivity index (χ3v) is 7.51. The van der Waals surface area contributed by atoms with Crippen LogP contribution in [0.1, 0.15) is 49.0 Å². The van der Waals surface area contributed by atoms with E-state index in [1.807, 2.05) is 50.2 Å². The lowest BCUT2D eigenvalue weighted by molar-refractivity contribution is -0.0662. The lowest BCUT2D eigenvalue weighted by atomic mass is 9.84. The number of carbonyl (C=O) groups excluding carboxylic acids is 1. The first kappa shape index (κ1) is 25.9. The Hall–Kier alpha value is -3.23. The minimum Gasteiger partial charge on any atom is -0.438 e. The highest BCUT2D eigenvalue weighted by molar-refractivity contribution is 7.88. The first-order valence-corrected chi connectivity index (χ1v) is 14.1. The largest absolute Gasteiger partial charge is 0.438 e. The maximum absolute atomic E-state index is 13.3. The summed E-state index contributed by atoms with van der Waals surface area (Å²) in [6.45, 7) is 4.83. The van der Waals surface area contributed by atoms with Gasteiger partial charge in [-0.05, 0) is 61.1 Å². The first-order valence-electron chi connectivity index (χ1n) is 12.2. The average molecular weight is 508 g/mol. The molecular formula is C28H33N3O4S. The number of nitrogens with zero attached hydrogens (tertiary/aromatic N) is 2. The summed E-state index contributed by atoms with van der Waals surface area (Å²) in [4.78, 5) is 19.3. The molecule has 7 nitrogen and oxygen atoms in total. The van der Waals surface area contributed by atoms with E-state index in [-0.39, 0.29) is 12.1 Å². The van der Waals surface area contributed by atoms with Crippen LogP contribution in [0, 0.1) is 6.92 Å². The van der Waals surface area contributed by atoms with Crippen LogP contribution >= 0.6 is 0 Å². The Bertz CT molecular complexity index is 1300. The van der Waals surface area contributed by atoms with E-state index in [9.17, 15) is 13.2 Å². The fourth-order valence-electron chi connectivity index (χ4n) is 4.78. The van der Waals surface area contributed by atoms with Crippen LogP contribution in [0.5, 0.6) is 0 Å². The molecule has 3 aromatic rings. The normalized spacial score (nSPS) is 19.1. The number of cyclic esters (lactones) is 1. The topological polar surface area (TPSA) is 88.6 Å². The molecule has 0 saturated carbocycles. The second-order valence-electron chi connectivity index (χ2n) is 9.43. The summed E-state index contributed by atoms with van der Waals surface area (Å²) in [5, 5.41) is 0. The van der Waals surface area contributed by atoms with Crippen LogP contribution in [0.3, 0.4) is 0 Å². The van der Waals surface area contributed by atoms with Gasteiger partial charge in [-0.2, -0.15) is 0 Å². The quantitative estimate of drug-likeness (QED) is 0.403. The summed E-state index contributed by atoms with van der Waals surface area (Å²) in [7, 11) is -3.27. The highest BCUT2D eigenvalue weighted by Crippen LogP contribution is 2.40. The number of benzene rings is 2. The molecule has 190 valence electrons. The van der Waals surface area contributed by atoms with Gasteiger partial charge in [0.25, 0.3) is 0 Å². The molecule has 1 fully saturated rings. The number of nitrogens with one attached hydrogen (secondary N) is 1. The minimum atomic E-state index is -3.27. The predicted molar refractivity (Wildman–Crippen MR) is 141 cm³/mol. The van der Waals surface area contributed by atoms with Crippen molar-refractivity contribution in [2.45, 2.75) is 44.8 Å². The molecule has 36 heavy (non-hydrogen) atoms. The van der Waals surface area contributed by atoms with Crippen molar-refractivity contribution in [3.63, 3.8) is 0 Å². The number of sulfonamides is 1. The number of ether oxygens (including phenoxy) is 1. The van der Waals surface area contributed by atoms with E-state index in [1.165, 1.54) is 0 Å². The number of aryl methyl sites for hydroxylation is 1. The number of hydrogen-bond donors (Lipinski definition) is 1. The van der Waals surface area contributed by atoms with E-state index in [0.29, 0.717) is 32.4 Å². The number of aromatic nitrogens is 1. The highest BCUT2D eigenvalue weighted by Gasteiger charge is 2.43. The van der Waals surface area contributed by atoms with Crippen molar-refractivity contribution < 1.29 is 17.9 Å². The molecule has 1 amide bonds. The number of pyridine rings is 1. The smallest absolute Gasteiger partial charge is 0.411 e. The van der Waals surface area contributed by atoms with Crippen molar-refractivity contribution in [2.75, 3.05) is 19.3 Å². The fourth-order valence-corrected chi connectivity index (χ4v) is 5.29. The van der Waals surface area contributed by atoms with Crippen molar-refractivity contribution in [1.29, 1.82) is 0 Å². The van der Waals surface area contributed by atoms with E-state index in [0.717, 1.165) is 34.2 Å². The van der Waals surface area contributed by atoms with Gasteiger partial charge < -0.3 is 9.64 Å². The maximum atomic E-state index is 13.3. The molecule has 1 unspecified atom stereocenters.